The van der Waals surface area contributed by atoms with Crippen LogP contribution in [0.2, 0.25) is 0 Å². The van der Waals surface area contributed by atoms with Gasteiger partial charge in [-0.1, -0.05) is 59.9 Å². The number of nitrogens with zero attached hydrogens (tertiary/aromatic N) is 3. The first-order valence-electron chi connectivity index (χ1n) is 8.25. The molecule has 0 atom stereocenters. The molecule has 0 saturated carbocycles. The monoisotopic (exact) mass is 358 g/mol. The average molecular weight is 358 g/mol. The SMILES string of the molecule is Cc1nn2c(/C=C3/C(=O)Nc4ccccc43)c(-c3ccccc3)nc2s1. The zero-order valence-corrected chi connectivity index (χ0v) is 14.7. The first kappa shape index (κ1) is 15.0. The summed E-state index contributed by atoms with van der Waals surface area (Å²) in [5.41, 5.74) is 5.01. The highest BCUT2D eigenvalue weighted by molar-refractivity contribution is 7.16. The Balaban J connectivity index is 1.77. The molecule has 6 heteroatoms. The maximum absolute atomic E-state index is 12.5. The van der Waals surface area contributed by atoms with Gasteiger partial charge in [-0.25, -0.2) is 9.50 Å². The zero-order valence-electron chi connectivity index (χ0n) is 13.9. The highest BCUT2D eigenvalue weighted by Gasteiger charge is 2.25. The van der Waals surface area contributed by atoms with E-state index in [9.17, 15) is 4.79 Å². The molecule has 4 aromatic rings. The summed E-state index contributed by atoms with van der Waals surface area (Å²) in [5.74, 6) is -0.105. The summed E-state index contributed by atoms with van der Waals surface area (Å²) < 4.78 is 1.82. The van der Waals surface area contributed by atoms with E-state index in [-0.39, 0.29) is 5.91 Å². The average Bonchev–Trinajstić information content (AvgIpc) is 3.27. The number of carbonyl (C=O) groups is 1. The number of benzene rings is 2. The number of aromatic nitrogens is 3. The van der Waals surface area contributed by atoms with Crippen LogP contribution in [-0.4, -0.2) is 20.5 Å². The van der Waals surface area contributed by atoms with E-state index in [0.29, 0.717) is 5.57 Å². The molecule has 2 aromatic heterocycles. The van der Waals surface area contributed by atoms with E-state index in [1.165, 1.54) is 11.3 Å². The molecule has 1 amide bonds. The van der Waals surface area contributed by atoms with Gasteiger partial charge in [-0.15, -0.1) is 0 Å². The van der Waals surface area contributed by atoms with E-state index in [2.05, 4.69) is 10.4 Å². The Bertz CT molecular complexity index is 1190. The minimum Gasteiger partial charge on any atom is -0.321 e. The number of carbonyl (C=O) groups excluding carboxylic acids is 1. The first-order chi connectivity index (χ1) is 12.7. The van der Waals surface area contributed by atoms with Gasteiger partial charge in [-0.05, 0) is 19.1 Å². The van der Waals surface area contributed by atoms with Crippen molar-refractivity contribution in [3.63, 3.8) is 0 Å². The lowest BCUT2D eigenvalue weighted by Crippen LogP contribution is -2.04. The second-order valence-corrected chi connectivity index (χ2v) is 7.24. The van der Waals surface area contributed by atoms with Gasteiger partial charge in [0.25, 0.3) is 5.91 Å². The molecule has 126 valence electrons. The molecule has 1 aliphatic rings. The lowest BCUT2D eigenvalue weighted by atomic mass is 10.0. The van der Waals surface area contributed by atoms with Gasteiger partial charge in [0.2, 0.25) is 4.96 Å². The Kier molecular flexibility index (Phi) is 3.26. The van der Waals surface area contributed by atoms with Gasteiger partial charge in [-0.3, -0.25) is 4.79 Å². The Morgan fingerprint density at radius 1 is 1.08 bits per heavy atom. The van der Waals surface area contributed by atoms with Crippen molar-refractivity contribution in [2.75, 3.05) is 5.32 Å². The molecule has 0 fully saturated rings. The van der Waals surface area contributed by atoms with Crippen LogP contribution in [0.3, 0.4) is 0 Å². The number of aryl methyl sites for hydroxylation is 1. The molecule has 5 nitrogen and oxygen atoms in total. The largest absolute Gasteiger partial charge is 0.321 e. The molecule has 2 aromatic carbocycles. The third-order valence-electron chi connectivity index (χ3n) is 4.38. The van der Waals surface area contributed by atoms with Gasteiger partial charge >= 0.3 is 0 Å². The van der Waals surface area contributed by atoms with E-state index < -0.39 is 0 Å². The summed E-state index contributed by atoms with van der Waals surface area (Å²) in [4.78, 5) is 18.1. The van der Waals surface area contributed by atoms with Gasteiger partial charge in [0.15, 0.2) is 0 Å². The summed E-state index contributed by atoms with van der Waals surface area (Å²) >= 11 is 1.54. The Labute approximate surface area is 153 Å². The lowest BCUT2D eigenvalue weighted by molar-refractivity contribution is -0.110. The number of anilines is 1. The van der Waals surface area contributed by atoms with E-state index in [1.807, 2.05) is 72.1 Å². The lowest BCUT2D eigenvalue weighted by Gasteiger charge is -2.01. The molecule has 26 heavy (non-hydrogen) atoms. The topological polar surface area (TPSA) is 59.3 Å². The molecule has 5 rings (SSSR count). The number of para-hydroxylation sites is 1. The standard InChI is InChI=1S/C20H14N4OS/c1-12-23-24-17(11-15-14-9-5-6-10-16(14)21-19(15)25)18(22-20(24)26-12)13-7-3-2-4-8-13/h2-11H,1H3,(H,21,25)/b15-11+. The fourth-order valence-corrected chi connectivity index (χ4v) is 3.97. The van der Waals surface area contributed by atoms with Crippen LogP contribution in [0.4, 0.5) is 5.69 Å². The summed E-state index contributed by atoms with van der Waals surface area (Å²) in [6.07, 6.45) is 1.89. The minimum atomic E-state index is -0.105. The smallest absolute Gasteiger partial charge is 0.256 e. The predicted octanol–water partition coefficient (Wildman–Crippen LogP) is 4.26. The Morgan fingerprint density at radius 2 is 1.85 bits per heavy atom. The molecule has 0 spiro atoms. The van der Waals surface area contributed by atoms with Crippen LogP contribution in [0, 0.1) is 6.92 Å². The number of amides is 1. The van der Waals surface area contributed by atoms with Gasteiger partial charge < -0.3 is 5.32 Å². The van der Waals surface area contributed by atoms with Crippen molar-refractivity contribution in [1.29, 1.82) is 0 Å². The normalized spacial score (nSPS) is 14.8. The number of nitrogens with one attached hydrogen (secondary N) is 1. The van der Waals surface area contributed by atoms with E-state index >= 15 is 0 Å². The van der Waals surface area contributed by atoms with Crippen LogP contribution in [0.25, 0.3) is 27.9 Å². The molecule has 1 aliphatic heterocycles. The zero-order chi connectivity index (χ0) is 17.7. The molecule has 1 N–H and O–H groups in total. The summed E-state index contributed by atoms with van der Waals surface area (Å²) in [7, 11) is 0. The summed E-state index contributed by atoms with van der Waals surface area (Å²) in [6.45, 7) is 1.95. The quantitative estimate of drug-likeness (QED) is 0.545. The maximum atomic E-state index is 12.5. The molecular formula is C20H14N4OS. The Hall–Kier alpha value is -3.25. The van der Waals surface area contributed by atoms with Crippen molar-refractivity contribution >= 4 is 39.5 Å². The third kappa shape index (κ3) is 2.27. The number of hydrogen-bond donors (Lipinski definition) is 1. The second-order valence-electron chi connectivity index (χ2n) is 6.08. The predicted molar refractivity (Wildman–Crippen MR) is 104 cm³/mol. The summed E-state index contributed by atoms with van der Waals surface area (Å²) in [6, 6.07) is 17.7. The van der Waals surface area contributed by atoms with E-state index in [1.54, 1.807) is 0 Å². The van der Waals surface area contributed by atoms with Gasteiger partial charge in [0, 0.05) is 16.8 Å². The van der Waals surface area contributed by atoms with Crippen LogP contribution < -0.4 is 5.32 Å². The van der Waals surface area contributed by atoms with Crippen molar-refractivity contribution in [2.24, 2.45) is 0 Å². The van der Waals surface area contributed by atoms with Gasteiger partial charge in [-0.2, -0.15) is 5.10 Å². The van der Waals surface area contributed by atoms with Crippen molar-refractivity contribution in [1.82, 2.24) is 14.6 Å². The van der Waals surface area contributed by atoms with Crippen LogP contribution in [0.1, 0.15) is 16.3 Å². The fourth-order valence-electron chi connectivity index (χ4n) is 3.22. The van der Waals surface area contributed by atoms with E-state index in [0.717, 1.165) is 38.2 Å². The summed E-state index contributed by atoms with van der Waals surface area (Å²) in [5, 5.41) is 8.43. The maximum Gasteiger partial charge on any atom is 0.256 e. The van der Waals surface area contributed by atoms with Crippen molar-refractivity contribution in [3.05, 3.63) is 70.9 Å². The highest BCUT2D eigenvalue weighted by Crippen LogP contribution is 2.35. The molecule has 0 saturated heterocycles. The molecular weight excluding hydrogens is 344 g/mol. The van der Waals surface area contributed by atoms with Gasteiger partial charge in [0.1, 0.15) is 5.01 Å². The highest BCUT2D eigenvalue weighted by atomic mass is 32.1. The van der Waals surface area contributed by atoms with Crippen LogP contribution >= 0.6 is 11.3 Å². The van der Waals surface area contributed by atoms with Crippen molar-refractivity contribution in [3.8, 4) is 11.3 Å². The van der Waals surface area contributed by atoms with E-state index in [4.69, 9.17) is 4.98 Å². The number of rotatable bonds is 2. The molecule has 0 bridgehead atoms. The fraction of sp³-hybridized carbons (Fsp3) is 0.0500. The molecule has 0 aliphatic carbocycles. The number of imidazole rings is 1. The molecule has 3 heterocycles. The Morgan fingerprint density at radius 3 is 2.69 bits per heavy atom. The van der Waals surface area contributed by atoms with Gasteiger partial charge in [0.05, 0.1) is 17.0 Å². The van der Waals surface area contributed by atoms with Crippen LogP contribution in [0.5, 0.6) is 0 Å². The number of fused-ring (bicyclic) bond motifs is 2. The third-order valence-corrected chi connectivity index (χ3v) is 5.20. The van der Waals surface area contributed by atoms with Crippen molar-refractivity contribution < 1.29 is 4.79 Å². The second kappa shape index (κ2) is 5.64. The minimum absolute atomic E-state index is 0.105. The molecule has 0 radical (unpaired) electrons. The number of hydrogen-bond acceptors (Lipinski definition) is 4. The first-order valence-corrected chi connectivity index (χ1v) is 9.06. The van der Waals surface area contributed by atoms with Crippen LogP contribution in [-0.2, 0) is 4.79 Å². The van der Waals surface area contributed by atoms with Crippen molar-refractivity contribution in [2.45, 2.75) is 6.92 Å². The molecule has 0 unspecified atom stereocenters. The van der Waals surface area contributed by atoms with Crippen LogP contribution in [0.15, 0.2) is 54.6 Å².